The summed E-state index contributed by atoms with van der Waals surface area (Å²) in [7, 11) is 1.59. The number of aromatic nitrogens is 2. The minimum absolute atomic E-state index is 0.128. The fraction of sp³-hybridized carbons (Fsp3) is 0.300. The third-order valence-corrected chi connectivity index (χ3v) is 6.70. The van der Waals surface area contributed by atoms with Crippen molar-refractivity contribution < 1.29 is 9.47 Å². The average Bonchev–Trinajstić information content (AvgIpc) is 3.24. The topological polar surface area (TPSA) is 64.2 Å². The number of aromatic amines is 1. The maximum Gasteiger partial charge on any atom is 0.260 e. The summed E-state index contributed by atoms with van der Waals surface area (Å²) in [5, 5.41) is 1.07. The van der Waals surface area contributed by atoms with Gasteiger partial charge in [-0.2, -0.15) is 0 Å². The molecule has 1 N–H and O–H groups in total. The zero-order chi connectivity index (χ0) is 19.8. The molecule has 5 nitrogen and oxygen atoms in total. The standard InChI is InChI=1S/C20H18BrClN2O3S/c1-3-27-17-12(21)7-10(9-14(17)26-2)8-13(22)18-23-19(25)16-11-5-4-6-15(11)28-20(16)24-18/h7-9H,3-6H2,1-2H3,(H,23,24,25)/b13-8-. The fourth-order valence-electron chi connectivity index (χ4n) is 3.44. The second-order valence-electron chi connectivity index (χ2n) is 6.41. The van der Waals surface area contributed by atoms with Crippen LogP contribution in [0.2, 0.25) is 0 Å². The highest BCUT2D eigenvalue weighted by Gasteiger charge is 2.21. The molecule has 28 heavy (non-hydrogen) atoms. The Balaban J connectivity index is 1.75. The molecule has 0 atom stereocenters. The number of hydrogen-bond donors (Lipinski definition) is 1. The van der Waals surface area contributed by atoms with Crippen molar-refractivity contribution in [3.05, 3.63) is 48.8 Å². The molecule has 0 saturated heterocycles. The molecule has 0 fully saturated rings. The van der Waals surface area contributed by atoms with Gasteiger partial charge in [0.2, 0.25) is 0 Å². The van der Waals surface area contributed by atoms with E-state index in [1.165, 1.54) is 4.88 Å². The Morgan fingerprint density at radius 3 is 3.00 bits per heavy atom. The normalized spacial score (nSPS) is 13.8. The number of rotatable bonds is 5. The van der Waals surface area contributed by atoms with Gasteiger partial charge in [0.15, 0.2) is 17.3 Å². The zero-order valence-corrected chi connectivity index (χ0v) is 18.6. The van der Waals surface area contributed by atoms with Crippen molar-refractivity contribution in [1.82, 2.24) is 9.97 Å². The van der Waals surface area contributed by atoms with Gasteiger partial charge in [0.05, 0.1) is 28.6 Å². The molecule has 0 amide bonds. The van der Waals surface area contributed by atoms with Crippen LogP contribution in [-0.2, 0) is 12.8 Å². The second kappa shape index (κ2) is 7.89. The predicted octanol–water partition coefficient (Wildman–Crippen LogP) is 5.38. The van der Waals surface area contributed by atoms with E-state index in [9.17, 15) is 4.79 Å². The van der Waals surface area contributed by atoms with Gasteiger partial charge in [0.25, 0.3) is 5.56 Å². The lowest BCUT2D eigenvalue weighted by molar-refractivity contribution is 0.309. The minimum Gasteiger partial charge on any atom is -0.493 e. The molecule has 1 aliphatic rings. The summed E-state index contributed by atoms with van der Waals surface area (Å²) in [5.41, 5.74) is 1.82. The van der Waals surface area contributed by atoms with Gasteiger partial charge >= 0.3 is 0 Å². The van der Waals surface area contributed by atoms with Crippen LogP contribution in [0.5, 0.6) is 11.5 Å². The number of fused-ring (bicyclic) bond motifs is 3. The molecule has 4 rings (SSSR count). The summed E-state index contributed by atoms with van der Waals surface area (Å²) in [6.07, 6.45) is 4.82. The lowest BCUT2D eigenvalue weighted by atomic mass is 10.1. The minimum atomic E-state index is -0.128. The summed E-state index contributed by atoms with van der Waals surface area (Å²) in [4.78, 5) is 22.1. The number of ether oxygens (including phenoxy) is 2. The number of nitrogens with one attached hydrogen (secondary N) is 1. The van der Waals surface area contributed by atoms with Gasteiger partial charge in [-0.1, -0.05) is 11.6 Å². The Kier molecular flexibility index (Phi) is 5.49. The van der Waals surface area contributed by atoms with Crippen molar-refractivity contribution in [3.8, 4) is 11.5 Å². The van der Waals surface area contributed by atoms with E-state index in [0.717, 1.165) is 45.1 Å². The highest BCUT2D eigenvalue weighted by Crippen LogP contribution is 2.38. The van der Waals surface area contributed by atoms with Crippen molar-refractivity contribution in [2.45, 2.75) is 26.2 Å². The van der Waals surface area contributed by atoms with Crippen molar-refractivity contribution in [2.24, 2.45) is 0 Å². The number of nitrogens with zero attached hydrogens (tertiary/aromatic N) is 1. The van der Waals surface area contributed by atoms with E-state index in [2.05, 4.69) is 25.9 Å². The molecule has 146 valence electrons. The Hall–Kier alpha value is -1.83. The number of methoxy groups -OCH3 is 1. The molecule has 8 heteroatoms. The van der Waals surface area contributed by atoms with Gasteiger partial charge in [-0.3, -0.25) is 4.79 Å². The molecule has 0 unspecified atom stereocenters. The van der Waals surface area contributed by atoms with Gasteiger partial charge < -0.3 is 14.5 Å². The van der Waals surface area contributed by atoms with Crippen molar-refractivity contribution in [2.75, 3.05) is 13.7 Å². The number of benzene rings is 1. The van der Waals surface area contributed by atoms with Gasteiger partial charge in [-0.15, -0.1) is 11.3 Å². The summed E-state index contributed by atoms with van der Waals surface area (Å²) >= 11 is 11.6. The molecule has 2 heterocycles. The first kappa shape index (κ1) is 19.5. The van der Waals surface area contributed by atoms with Crippen LogP contribution in [0.1, 0.15) is 35.2 Å². The Morgan fingerprint density at radius 1 is 1.43 bits per heavy atom. The van der Waals surface area contributed by atoms with Gasteiger partial charge in [-0.25, -0.2) is 4.98 Å². The maximum absolute atomic E-state index is 12.6. The van der Waals surface area contributed by atoms with Crippen molar-refractivity contribution in [1.29, 1.82) is 0 Å². The van der Waals surface area contributed by atoms with E-state index < -0.39 is 0 Å². The highest BCUT2D eigenvalue weighted by molar-refractivity contribution is 9.10. The maximum atomic E-state index is 12.6. The molecule has 3 aromatic rings. The zero-order valence-electron chi connectivity index (χ0n) is 15.4. The third-order valence-electron chi connectivity index (χ3n) is 4.64. The molecular formula is C20H18BrClN2O3S. The van der Waals surface area contributed by atoms with Crippen LogP contribution in [0.3, 0.4) is 0 Å². The van der Waals surface area contributed by atoms with E-state index in [-0.39, 0.29) is 5.56 Å². The Morgan fingerprint density at radius 2 is 2.25 bits per heavy atom. The van der Waals surface area contributed by atoms with Crippen LogP contribution in [0, 0.1) is 0 Å². The van der Waals surface area contributed by atoms with E-state index >= 15 is 0 Å². The highest BCUT2D eigenvalue weighted by atomic mass is 79.9. The molecule has 1 aliphatic carbocycles. The summed E-state index contributed by atoms with van der Waals surface area (Å²) in [6, 6.07) is 3.71. The Labute approximate surface area is 179 Å². The summed E-state index contributed by atoms with van der Waals surface area (Å²) < 4.78 is 11.8. The largest absolute Gasteiger partial charge is 0.493 e. The molecule has 0 bridgehead atoms. The van der Waals surface area contributed by atoms with E-state index in [0.29, 0.717) is 29.0 Å². The van der Waals surface area contributed by atoms with Crippen molar-refractivity contribution >= 4 is 60.2 Å². The monoisotopic (exact) mass is 480 g/mol. The first-order chi connectivity index (χ1) is 13.5. The molecule has 2 aromatic heterocycles. The van der Waals surface area contributed by atoms with Gasteiger partial charge in [0, 0.05) is 4.88 Å². The van der Waals surface area contributed by atoms with Crippen LogP contribution in [0.25, 0.3) is 21.3 Å². The predicted molar refractivity (Wildman–Crippen MR) is 118 cm³/mol. The molecule has 1 aromatic carbocycles. The number of hydrogen-bond acceptors (Lipinski definition) is 5. The van der Waals surface area contributed by atoms with Crippen LogP contribution in [0.15, 0.2) is 21.4 Å². The van der Waals surface area contributed by atoms with Crippen molar-refractivity contribution in [3.63, 3.8) is 0 Å². The molecular weight excluding hydrogens is 464 g/mol. The van der Waals surface area contributed by atoms with Gasteiger partial charge in [-0.05, 0) is 71.5 Å². The number of halogens is 2. The third kappa shape index (κ3) is 3.47. The van der Waals surface area contributed by atoms with E-state index in [4.69, 9.17) is 21.1 Å². The summed E-state index contributed by atoms with van der Waals surface area (Å²) in [5.74, 6) is 1.60. The number of H-pyrrole nitrogens is 1. The Bertz CT molecular complexity index is 1150. The van der Waals surface area contributed by atoms with Crippen LogP contribution in [-0.4, -0.2) is 23.7 Å². The fourth-order valence-corrected chi connectivity index (χ4v) is 5.49. The van der Waals surface area contributed by atoms with Crippen LogP contribution >= 0.6 is 38.9 Å². The first-order valence-electron chi connectivity index (χ1n) is 8.94. The lowest BCUT2D eigenvalue weighted by Crippen LogP contribution is -2.10. The molecule has 0 spiro atoms. The SMILES string of the molecule is CCOc1c(Br)cc(/C=C(\Cl)c2nc3sc4c(c3c(=O)[nH]2)CCC4)cc1OC. The summed E-state index contributed by atoms with van der Waals surface area (Å²) in [6.45, 7) is 2.44. The number of thiophene rings is 1. The average molecular weight is 482 g/mol. The van der Waals surface area contributed by atoms with Crippen LogP contribution < -0.4 is 15.0 Å². The molecule has 0 saturated carbocycles. The number of aryl methyl sites for hydroxylation is 2. The quantitative estimate of drug-likeness (QED) is 0.531. The smallest absolute Gasteiger partial charge is 0.260 e. The first-order valence-corrected chi connectivity index (χ1v) is 10.9. The van der Waals surface area contributed by atoms with E-state index in [1.54, 1.807) is 24.5 Å². The van der Waals surface area contributed by atoms with E-state index in [1.807, 2.05) is 19.1 Å². The van der Waals surface area contributed by atoms with Gasteiger partial charge in [0.1, 0.15) is 4.83 Å². The molecule has 0 aliphatic heterocycles. The lowest BCUT2D eigenvalue weighted by Gasteiger charge is -2.12. The van der Waals surface area contributed by atoms with Crippen LogP contribution in [0.4, 0.5) is 0 Å². The second-order valence-corrected chi connectivity index (χ2v) is 8.76. The molecule has 0 radical (unpaired) electrons.